The quantitative estimate of drug-likeness (QED) is 0.433. The molecule has 0 fully saturated rings. The molecule has 3 N–H and O–H groups in total. The first-order chi connectivity index (χ1) is 15.5. The predicted octanol–water partition coefficient (Wildman–Crippen LogP) is 3.65. The van der Waals surface area contributed by atoms with Crippen LogP contribution in [0.4, 0.5) is 15.0 Å². The monoisotopic (exact) mass is 432 g/mol. The number of urea groups is 1. The van der Waals surface area contributed by atoms with Crippen LogP contribution in [0, 0.1) is 5.82 Å². The molecule has 9 heteroatoms. The van der Waals surface area contributed by atoms with Crippen LogP contribution in [0.25, 0.3) is 17.2 Å². The van der Waals surface area contributed by atoms with Crippen molar-refractivity contribution in [3.05, 3.63) is 94.2 Å². The highest BCUT2D eigenvalue weighted by atomic mass is 19.1. The maximum absolute atomic E-state index is 13.1. The number of benzene rings is 2. The topological polar surface area (TPSA) is 105 Å². The lowest BCUT2D eigenvalue weighted by Crippen LogP contribution is -2.29. The van der Waals surface area contributed by atoms with Gasteiger partial charge >= 0.3 is 6.03 Å². The molecule has 2 aromatic carbocycles. The number of anilines is 1. The molecule has 0 radical (unpaired) electrons. The summed E-state index contributed by atoms with van der Waals surface area (Å²) in [6.07, 6.45) is 0.574. The number of rotatable bonds is 6. The van der Waals surface area contributed by atoms with E-state index >= 15 is 0 Å². The molecule has 8 nitrogen and oxygen atoms in total. The largest absolute Gasteiger partial charge is 0.334 e. The summed E-state index contributed by atoms with van der Waals surface area (Å²) < 4.78 is 14.5. The van der Waals surface area contributed by atoms with Crippen molar-refractivity contribution in [2.24, 2.45) is 0 Å². The predicted molar refractivity (Wildman–Crippen MR) is 119 cm³/mol. The molecule has 0 aliphatic rings. The van der Waals surface area contributed by atoms with E-state index in [1.165, 1.54) is 22.9 Å². The van der Waals surface area contributed by atoms with E-state index in [4.69, 9.17) is 0 Å². The van der Waals surface area contributed by atoms with Crippen molar-refractivity contribution in [2.45, 2.75) is 19.9 Å². The van der Waals surface area contributed by atoms with Gasteiger partial charge in [0.05, 0.1) is 5.69 Å². The lowest BCUT2D eigenvalue weighted by molar-refractivity contribution is 0.251. The van der Waals surface area contributed by atoms with Gasteiger partial charge in [-0.1, -0.05) is 49.4 Å². The second-order valence-electron chi connectivity index (χ2n) is 7.04. The van der Waals surface area contributed by atoms with Crippen molar-refractivity contribution in [1.82, 2.24) is 25.1 Å². The molecule has 32 heavy (non-hydrogen) atoms. The smallest absolute Gasteiger partial charge is 0.320 e. The number of carbonyl (C=O) groups is 1. The number of halogens is 1. The molecule has 0 bridgehead atoms. The Kier molecular flexibility index (Phi) is 6.07. The Bertz CT molecular complexity index is 1280. The minimum atomic E-state index is -0.482. The molecule has 0 spiro atoms. The maximum Gasteiger partial charge on any atom is 0.320 e. The lowest BCUT2D eigenvalue weighted by atomic mass is 10.2. The molecule has 0 atom stereocenters. The average molecular weight is 432 g/mol. The standard InChI is InChI=1S/C23H21FN6O2/c1-2-18-12-21(31)28-22(26-18)30-20(13-19(29-30)16-6-4-3-5-7-16)27-23(32)25-14-15-8-10-17(24)11-9-15/h3-13H,2,14H2,1H3,(H2,25,27,32)(H,26,28,31). The summed E-state index contributed by atoms with van der Waals surface area (Å²) in [5.41, 5.74) is 2.49. The Morgan fingerprint density at radius 1 is 1.09 bits per heavy atom. The number of aryl methyl sites for hydroxylation is 1. The fourth-order valence-corrected chi connectivity index (χ4v) is 3.10. The Morgan fingerprint density at radius 2 is 1.84 bits per heavy atom. The minimum absolute atomic E-state index is 0.199. The van der Waals surface area contributed by atoms with Gasteiger partial charge < -0.3 is 5.32 Å². The number of aromatic nitrogens is 4. The van der Waals surface area contributed by atoms with Gasteiger partial charge in [-0.15, -0.1) is 0 Å². The molecule has 2 aromatic heterocycles. The molecule has 0 aliphatic carbocycles. The molecule has 0 saturated heterocycles. The maximum atomic E-state index is 13.1. The number of aromatic amines is 1. The Balaban J connectivity index is 1.63. The van der Waals surface area contributed by atoms with E-state index in [2.05, 4.69) is 25.7 Å². The Hall–Kier alpha value is -4.27. The first-order valence-electron chi connectivity index (χ1n) is 10.1. The number of amides is 2. The molecule has 0 unspecified atom stereocenters. The Labute approximate surface area is 183 Å². The number of nitrogens with zero attached hydrogens (tertiary/aromatic N) is 3. The highest BCUT2D eigenvalue weighted by Gasteiger charge is 2.16. The number of nitrogens with one attached hydrogen (secondary N) is 3. The third-order valence-corrected chi connectivity index (χ3v) is 4.73. The van der Waals surface area contributed by atoms with Crippen molar-refractivity contribution >= 4 is 11.8 Å². The van der Waals surface area contributed by atoms with Gasteiger partial charge in [0.1, 0.15) is 11.6 Å². The zero-order valence-corrected chi connectivity index (χ0v) is 17.3. The zero-order valence-electron chi connectivity index (χ0n) is 17.3. The van der Waals surface area contributed by atoms with Crippen LogP contribution in [-0.2, 0) is 13.0 Å². The molecular weight excluding hydrogens is 411 g/mol. The molecule has 4 aromatic rings. The van der Waals surface area contributed by atoms with Crippen molar-refractivity contribution in [3.63, 3.8) is 0 Å². The van der Waals surface area contributed by atoms with Crippen LogP contribution in [-0.4, -0.2) is 25.8 Å². The second-order valence-corrected chi connectivity index (χ2v) is 7.04. The zero-order chi connectivity index (χ0) is 22.5. The van der Waals surface area contributed by atoms with Gasteiger partial charge in [-0.2, -0.15) is 9.78 Å². The summed E-state index contributed by atoms with van der Waals surface area (Å²) in [7, 11) is 0. The average Bonchev–Trinajstić information content (AvgIpc) is 3.22. The van der Waals surface area contributed by atoms with Crippen LogP contribution in [0.1, 0.15) is 18.2 Å². The summed E-state index contributed by atoms with van der Waals surface area (Å²) in [5.74, 6) is 0.188. The van der Waals surface area contributed by atoms with E-state index in [-0.39, 0.29) is 23.9 Å². The Morgan fingerprint density at radius 3 is 2.56 bits per heavy atom. The molecule has 2 amide bonds. The van der Waals surface area contributed by atoms with E-state index in [0.717, 1.165) is 11.1 Å². The summed E-state index contributed by atoms with van der Waals surface area (Å²) in [6, 6.07) is 17.9. The molecule has 4 rings (SSSR count). The highest BCUT2D eigenvalue weighted by Crippen LogP contribution is 2.23. The summed E-state index contributed by atoms with van der Waals surface area (Å²) >= 11 is 0. The fourth-order valence-electron chi connectivity index (χ4n) is 3.10. The third kappa shape index (κ3) is 4.89. The second kappa shape index (κ2) is 9.25. The van der Waals surface area contributed by atoms with Gasteiger partial charge in [0.15, 0.2) is 0 Å². The first-order valence-corrected chi connectivity index (χ1v) is 10.1. The fraction of sp³-hybridized carbons (Fsp3) is 0.130. The van der Waals surface area contributed by atoms with Crippen LogP contribution in [0.5, 0.6) is 0 Å². The molecule has 0 aliphatic heterocycles. The van der Waals surface area contributed by atoms with Gasteiger partial charge in [0.2, 0.25) is 5.95 Å². The van der Waals surface area contributed by atoms with E-state index < -0.39 is 6.03 Å². The van der Waals surface area contributed by atoms with Crippen molar-refractivity contribution in [3.8, 4) is 17.2 Å². The first kappa shape index (κ1) is 21.0. The SMILES string of the molecule is CCc1cc(=O)[nH]c(-n2nc(-c3ccccc3)cc2NC(=O)NCc2ccc(F)cc2)n1. The van der Waals surface area contributed by atoms with E-state index in [9.17, 15) is 14.0 Å². The van der Waals surface area contributed by atoms with Gasteiger partial charge in [-0.05, 0) is 24.1 Å². The molecule has 0 saturated carbocycles. The van der Waals surface area contributed by atoms with E-state index in [1.54, 1.807) is 18.2 Å². The van der Waals surface area contributed by atoms with Crippen LogP contribution in [0.2, 0.25) is 0 Å². The van der Waals surface area contributed by atoms with Gasteiger partial charge in [0.25, 0.3) is 5.56 Å². The number of H-pyrrole nitrogens is 1. The van der Waals surface area contributed by atoms with E-state index in [1.807, 2.05) is 37.3 Å². The number of hydrogen-bond acceptors (Lipinski definition) is 4. The number of carbonyl (C=O) groups excluding carboxylic acids is 1. The van der Waals surface area contributed by atoms with Crippen LogP contribution in [0.15, 0.2) is 71.5 Å². The van der Waals surface area contributed by atoms with Gasteiger partial charge in [-0.3, -0.25) is 15.1 Å². The third-order valence-electron chi connectivity index (χ3n) is 4.73. The minimum Gasteiger partial charge on any atom is -0.334 e. The molecular formula is C23H21FN6O2. The van der Waals surface area contributed by atoms with Gasteiger partial charge in [-0.25, -0.2) is 14.2 Å². The van der Waals surface area contributed by atoms with Crippen LogP contribution < -0.4 is 16.2 Å². The van der Waals surface area contributed by atoms with Crippen molar-refractivity contribution < 1.29 is 9.18 Å². The summed E-state index contributed by atoms with van der Waals surface area (Å²) in [6.45, 7) is 2.11. The van der Waals surface area contributed by atoms with Crippen LogP contribution >= 0.6 is 0 Å². The molecule has 162 valence electrons. The van der Waals surface area contributed by atoms with Gasteiger partial charge in [0, 0.05) is 29.9 Å². The van der Waals surface area contributed by atoms with Crippen molar-refractivity contribution in [1.29, 1.82) is 0 Å². The highest BCUT2D eigenvalue weighted by molar-refractivity contribution is 5.89. The van der Waals surface area contributed by atoms with Crippen LogP contribution in [0.3, 0.4) is 0 Å². The lowest BCUT2D eigenvalue weighted by Gasteiger charge is -2.10. The van der Waals surface area contributed by atoms with E-state index in [0.29, 0.717) is 23.6 Å². The molecule has 2 heterocycles. The normalized spacial score (nSPS) is 10.7. The van der Waals surface area contributed by atoms with Crippen molar-refractivity contribution in [2.75, 3.05) is 5.32 Å². The summed E-state index contributed by atoms with van der Waals surface area (Å²) in [5, 5.41) is 10.0. The number of hydrogen-bond donors (Lipinski definition) is 3. The summed E-state index contributed by atoms with van der Waals surface area (Å²) in [4.78, 5) is 31.7.